The van der Waals surface area contributed by atoms with Crippen LogP contribution in [-0.2, 0) is 0 Å². The number of nitrogens with zero attached hydrogens (tertiary/aromatic N) is 2. The van der Waals surface area contributed by atoms with E-state index < -0.39 is 0 Å². The standard InChI is InChI=1S/C54H36N2O/c1-34-29-49(39-22-17-38(18-23-39)43-24-19-35-9-2-5-12-40(35)30-43)55-54(56-53(34)46-26-21-37-11-4-7-14-42(37)32-46)48-15-8-16-50-52(48)47-28-27-45(33-51(47)57-50)44-25-20-36-10-3-6-13-41(36)31-44/h2-28,30-33H,29H2,1H3. The highest BCUT2D eigenvalue weighted by Gasteiger charge is 2.21. The molecule has 0 fully saturated rings. The van der Waals surface area contributed by atoms with Gasteiger partial charge in [0.2, 0.25) is 0 Å². The van der Waals surface area contributed by atoms with Gasteiger partial charge in [0, 0.05) is 28.3 Å². The lowest BCUT2D eigenvalue weighted by molar-refractivity contribution is 0.669. The Morgan fingerprint density at radius 1 is 0.404 bits per heavy atom. The summed E-state index contributed by atoms with van der Waals surface area (Å²) in [6.07, 6.45) is 0.668. The summed E-state index contributed by atoms with van der Waals surface area (Å²) in [7, 11) is 0. The van der Waals surface area contributed by atoms with E-state index in [0.29, 0.717) is 12.3 Å². The van der Waals surface area contributed by atoms with Gasteiger partial charge in [0.05, 0.1) is 11.4 Å². The first-order valence-corrected chi connectivity index (χ1v) is 19.5. The maximum Gasteiger partial charge on any atom is 0.160 e. The molecule has 0 saturated carbocycles. The van der Waals surface area contributed by atoms with Crippen LogP contribution in [0.25, 0.3) is 82.2 Å². The first-order valence-electron chi connectivity index (χ1n) is 19.5. The minimum atomic E-state index is 0.668. The Hall–Kier alpha value is -7.36. The van der Waals surface area contributed by atoms with Gasteiger partial charge in [-0.3, -0.25) is 0 Å². The molecule has 0 aliphatic carbocycles. The third-order valence-corrected chi connectivity index (χ3v) is 11.4. The Bertz CT molecular complexity index is 3320. The predicted octanol–water partition coefficient (Wildman–Crippen LogP) is 14.5. The van der Waals surface area contributed by atoms with Crippen LogP contribution in [0.15, 0.2) is 208 Å². The van der Waals surface area contributed by atoms with Gasteiger partial charge in [-0.1, -0.05) is 152 Å². The largest absolute Gasteiger partial charge is 0.456 e. The van der Waals surface area contributed by atoms with E-state index in [9.17, 15) is 0 Å². The molecule has 0 N–H and O–H groups in total. The molecule has 0 bridgehead atoms. The van der Waals surface area contributed by atoms with Gasteiger partial charge in [-0.2, -0.15) is 0 Å². The average Bonchev–Trinajstić information content (AvgIpc) is 3.55. The van der Waals surface area contributed by atoms with Crippen molar-refractivity contribution in [2.75, 3.05) is 0 Å². The molecule has 11 rings (SSSR count). The summed E-state index contributed by atoms with van der Waals surface area (Å²) in [4.78, 5) is 10.9. The van der Waals surface area contributed by atoms with Gasteiger partial charge in [0.25, 0.3) is 0 Å². The molecule has 1 aliphatic rings. The Labute approximate surface area is 330 Å². The van der Waals surface area contributed by atoms with E-state index in [0.717, 1.165) is 61.2 Å². The summed E-state index contributed by atoms with van der Waals surface area (Å²) >= 11 is 0. The molecule has 2 heterocycles. The molecule has 0 atom stereocenters. The van der Waals surface area contributed by atoms with Gasteiger partial charge in [-0.15, -0.1) is 0 Å². The highest BCUT2D eigenvalue weighted by Crippen LogP contribution is 2.37. The summed E-state index contributed by atoms with van der Waals surface area (Å²) in [5.74, 6) is 0.676. The molecule has 1 aromatic heterocycles. The van der Waals surface area contributed by atoms with Crippen molar-refractivity contribution in [3.05, 3.63) is 210 Å². The van der Waals surface area contributed by atoms with E-state index in [2.05, 4.69) is 189 Å². The zero-order valence-electron chi connectivity index (χ0n) is 31.4. The molecule has 0 unspecified atom stereocenters. The van der Waals surface area contributed by atoms with E-state index in [1.165, 1.54) is 49.0 Å². The highest BCUT2D eigenvalue weighted by molar-refractivity contribution is 6.23. The van der Waals surface area contributed by atoms with Gasteiger partial charge in [-0.25, -0.2) is 9.98 Å². The fraction of sp³-hybridized carbons (Fsp3) is 0.0370. The van der Waals surface area contributed by atoms with E-state index in [1.54, 1.807) is 0 Å². The first-order chi connectivity index (χ1) is 28.1. The zero-order chi connectivity index (χ0) is 37.9. The number of allylic oxidation sites excluding steroid dienone is 1. The Morgan fingerprint density at radius 3 is 1.56 bits per heavy atom. The molecule has 0 amide bonds. The molecule has 268 valence electrons. The molecule has 0 spiro atoms. The number of benzene rings is 9. The van der Waals surface area contributed by atoms with Crippen LogP contribution in [0, 0.1) is 0 Å². The summed E-state index contributed by atoms with van der Waals surface area (Å²) < 4.78 is 6.62. The number of rotatable bonds is 5. The van der Waals surface area contributed by atoms with Gasteiger partial charge >= 0.3 is 0 Å². The fourth-order valence-corrected chi connectivity index (χ4v) is 8.45. The summed E-state index contributed by atoms with van der Waals surface area (Å²) in [5.41, 5.74) is 12.5. The predicted molar refractivity (Wildman–Crippen MR) is 240 cm³/mol. The fourth-order valence-electron chi connectivity index (χ4n) is 8.45. The third kappa shape index (κ3) is 5.92. The van der Waals surface area contributed by atoms with Gasteiger partial charge in [-0.05, 0) is 109 Å². The molecular weight excluding hydrogens is 693 g/mol. The molecule has 3 nitrogen and oxygen atoms in total. The minimum absolute atomic E-state index is 0.668. The molecule has 0 radical (unpaired) electrons. The molecule has 57 heavy (non-hydrogen) atoms. The second kappa shape index (κ2) is 13.4. The summed E-state index contributed by atoms with van der Waals surface area (Å²) in [5, 5.41) is 9.38. The van der Waals surface area contributed by atoms with Gasteiger partial charge in [0.1, 0.15) is 11.2 Å². The zero-order valence-corrected chi connectivity index (χ0v) is 31.4. The van der Waals surface area contributed by atoms with Crippen LogP contribution in [0.5, 0.6) is 0 Å². The quantitative estimate of drug-likeness (QED) is 0.174. The normalized spacial score (nSPS) is 13.4. The molecule has 9 aromatic carbocycles. The van der Waals surface area contributed by atoms with Crippen molar-refractivity contribution in [1.29, 1.82) is 0 Å². The van der Waals surface area contributed by atoms with Gasteiger partial charge in [0.15, 0.2) is 5.84 Å². The average molecular weight is 729 g/mol. The smallest absolute Gasteiger partial charge is 0.160 e. The number of aliphatic imine (C=N–C) groups is 2. The Kier molecular flexibility index (Phi) is 7.78. The van der Waals surface area contributed by atoms with Crippen molar-refractivity contribution in [1.82, 2.24) is 0 Å². The number of amidine groups is 1. The van der Waals surface area contributed by atoms with E-state index >= 15 is 0 Å². The molecule has 1 aliphatic heterocycles. The second-order valence-electron chi connectivity index (χ2n) is 15.1. The van der Waals surface area contributed by atoms with Crippen molar-refractivity contribution in [3.8, 4) is 22.3 Å². The Balaban J connectivity index is 1.05. The molecule has 10 aromatic rings. The lowest BCUT2D eigenvalue weighted by Gasteiger charge is -2.10. The maximum absolute atomic E-state index is 6.62. The van der Waals surface area contributed by atoms with Crippen molar-refractivity contribution in [2.24, 2.45) is 9.98 Å². The molecule has 3 heteroatoms. The van der Waals surface area contributed by atoms with Gasteiger partial charge < -0.3 is 4.42 Å². The first kappa shape index (κ1) is 33.0. The number of furan rings is 1. The number of fused-ring (bicyclic) bond motifs is 6. The number of hydrogen-bond donors (Lipinski definition) is 0. The van der Waals surface area contributed by atoms with Crippen molar-refractivity contribution in [3.63, 3.8) is 0 Å². The van der Waals surface area contributed by atoms with E-state index in [1.807, 2.05) is 6.07 Å². The molecule has 0 saturated heterocycles. The lowest BCUT2D eigenvalue weighted by Crippen LogP contribution is -2.06. The third-order valence-electron chi connectivity index (χ3n) is 11.4. The molecular formula is C54H36N2O. The SMILES string of the molecule is CC1=C(c2ccc3ccccc3c2)N=C(c2cccc3oc4cc(-c5ccc6ccccc6c5)ccc4c23)N=C(c2ccc(-c3ccc4ccccc4c3)cc2)C1. The van der Waals surface area contributed by atoms with Crippen LogP contribution in [0.2, 0.25) is 0 Å². The lowest BCUT2D eigenvalue weighted by atomic mass is 9.96. The maximum atomic E-state index is 6.62. The second-order valence-corrected chi connectivity index (χ2v) is 15.1. The van der Waals surface area contributed by atoms with Crippen LogP contribution in [-0.4, -0.2) is 11.5 Å². The van der Waals surface area contributed by atoms with Crippen molar-refractivity contribution >= 4 is 71.5 Å². The van der Waals surface area contributed by atoms with Crippen molar-refractivity contribution in [2.45, 2.75) is 13.3 Å². The minimum Gasteiger partial charge on any atom is -0.456 e. The van der Waals surface area contributed by atoms with Crippen LogP contribution in [0.1, 0.15) is 30.0 Å². The number of hydrogen-bond acceptors (Lipinski definition) is 3. The summed E-state index contributed by atoms with van der Waals surface area (Å²) in [6.45, 7) is 2.19. The highest BCUT2D eigenvalue weighted by atomic mass is 16.3. The topological polar surface area (TPSA) is 37.9 Å². The Morgan fingerprint density at radius 2 is 0.912 bits per heavy atom. The van der Waals surface area contributed by atoms with Crippen molar-refractivity contribution < 1.29 is 4.42 Å². The van der Waals surface area contributed by atoms with E-state index in [-0.39, 0.29) is 0 Å². The van der Waals surface area contributed by atoms with Crippen LogP contribution < -0.4 is 0 Å². The van der Waals surface area contributed by atoms with E-state index in [4.69, 9.17) is 14.4 Å². The van der Waals surface area contributed by atoms with Crippen LogP contribution in [0.3, 0.4) is 0 Å². The van der Waals surface area contributed by atoms with Crippen LogP contribution in [0.4, 0.5) is 0 Å². The van der Waals surface area contributed by atoms with Crippen LogP contribution >= 0.6 is 0 Å². The summed E-state index contributed by atoms with van der Waals surface area (Å²) in [6, 6.07) is 67.0. The monoisotopic (exact) mass is 728 g/mol.